The summed E-state index contributed by atoms with van der Waals surface area (Å²) in [6.45, 7) is 3.19. The van der Waals surface area contributed by atoms with Crippen LogP contribution >= 0.6 is 11.6 Å². The second-order valence-electron chi connectivity index (χ2n) is 8.33. The Kier molecular flexibility index (Phi) is 7.29. The van der Waals surface area contributed by atoms with Gasteiger partial charge < -0.3 is 9.64 Å². The van der Waals surface area contributed by atoms with Gasteiger partial charge in [0.25, 0.3) is 0 Å². The van der Waals surface area contributed by atoms with Gasteiger partial charge in [-0.25, -0.2) is 0 Å². The van der Waals surface area contributed by atoms with Gasteiger partial charge in [-0.15, -0.1) is 0 Å². The lowest BCUT2D eigenvalue weighted by atomic mass is 10.1. The van der Waals surface area contributed by atoms with Crippen LogP contribution < -0.4 is 9.64 Å². The molecule has 1 saturated heterocycles. The average molecular weight is 479 g/mol. The number of piperidine rings is 1. The van der Waals surface area contributed by atoms with Crippen LogP contribution in [-0.2, 0) is 12.6 Å². The number of fused-ring (bicyclic) bond motifs is 1. The molecular weight excluding hydrogens is 453 g/mol. The molecule has 8 heteroatoms. The van der Waals surface area contributed by atoms with E-state index >= 15 is 0 Å². The second kappa shape index (κ2) is 10.2. The minimum absolute atomic E-state index is 0.170. The Morgan fingerprint density at radius 3 is 2.58 bits per heavy atom. The van der Waals surface area contributed by atoms with Gasteiger partial charge in [-0.3, -0.25) is 9.69 Å². The van der Waals surface area contributed by atoms with Gasteiger partial charge in [0.1, 0.15) is 12.4 Å². The molecule has 0 radical (unpaired) electrons. The Morgan fingerprint density at radius 2 is 1.85 bits per heavy atom. The molecule has 176 valence electrons. The van der Waals surface area contributed by atoms with Crippen molar-refractivity contribution < 1.29 is 22.7 Å². The van der Waals surface area contributed by atoms with Crippen LogP contribution in [0, 0.1) is 0 Å². The number of ether oxygens (including phenoxy) is 1. The molecule has 2 aliphatic rings. The summed E-state index contributed by atoms with van der Waals surface area (Å²) in [5, 5.41) is 0.355. The van der Waals surface area contributed by atoms with Crippen LogP contribution in [-0.4, -0.2) is 43.5 Å². The Hall–Kier alpha value is -2.51. The molecular formula is C25H26ClF3N2O2. The standard InChI is InChI=1S/C25H26ClF3N2O2/c26-21-7-3-2-6-19(21)23(32)9-13-31-12-8-18-16-20(25(27,28)29)24(17-22(18)31)33-15-14-30-10-4-1-5-11-30/h2-3,6-7,9,13,16-17H,1,4-5,8,10-12,14-15H2. The summed E-state index contributed by atoms with van der Waals surface area (Å²) in [7, 11) is 0. The minimum atomic E-state index is -4.50. The molecule has 4 rings (SSSR count). The molecule has 33 heavy (non-hydrogen) atoms. The number of hydrogen-bond acceptors (Lipinski definition) is 4. The minimum Gasteiger partial charge on any atom is -0.492 e. The van der Waals surface area contributed by atoms with Crippen molar-refractivity contribution in [3.05, 3.63) is 70.4 Å². The van der Waals surface area contributed by atoms with E-state index in [-0.39, 0.29) is 18.1 Å². The predicted octanol–water partition coefficient (Wildman–Crippen LogP) is 5.98. The maximum Gasteiger partial charge on any atom is 0.419 e. The molecule has 2 heterocycles. The Morgan fingerprint density at radius 1 is 1.09 bits per heavy atom. The molecule has 0 N–H and O–H groups in total. The first-order chi connectivity index (χ1) is 15.8. The van der Waals surface area contributed by atoms with E-state index in [1.54, 1.807) is 35.4 Å². The first-order valence-electron chi connectivity index (χ1n) is 11.2. The lowest BCUT2D eigenvalue weighted by Gasteiger charge is -2.26. The number of rotatable bonds is 7. The van der Waals surface area contributed by atoms with E-state index in [9.17, 15) is 18.0 Å². The molecule has 0 spiro atoms. The SMILES string of the molecule is O=C(C=CN1CCc2cc(C(F)(F)F)c(OCCN3CCCCC3)cc21)c1ccccc1Cl. The van der Waals surface area contributed by atoms with Crippen LogP contribution in [0.4, 0.5) is 18.9 Å². The Balaban J connectivity index is 1.52. The van der Waals surface area contributed by atoms with Gasteiger partial charge in [0.15, 0.2) is 5.78 Å². The molecule has 2 aliphatic heterocycles. The third-order valence-electron chi connectivity index (χ3n) is 6.08. The number of benzene rings is 2. The average Bonchev–Trinajstić information content (AvgIpc) is 3.19. The fourth-order valence-electron chi connectivity index (χ4n) is 4.31. The summed E-state index contributed by atoms with van der Waals surface area (Å²) in [5.41, 5.74) is 0.835. The van der Waals surface area contributed by atoms with Crippen LogP contribution in [0.15, 0.2) is 48.7 Å². The van der Waals surface area contributed by atoms with Crippen LogP contribution in [0.1, 0.15) is 40.7 Å². The van der Waals surface area contributed by atoms with E-state index in [0.717, 1.165) is 25.9 Å². The van der Waals surface area contributed by atoms with Gasteiger partial charge in [-0.1, -0.05) is 30.2 Å². The van der Waals surface area contributed by atoms with Gasteiger partial charge in [0.05, 0.1) is 10.6 Å². The van der Waals surface area contributed by atoms with E-state index < -0.39 is 11.7 Å². The van der Waals surface area contributed by atoms with Crippen molar-refractivity contribution in [1.82, 2.24) is 4.90 Å². The summed E-state index contributed by atoms with van der Waals surface area (Å²) in [4.78, 5) is 16.5. The number of ketones is 1. The highest BCUT2D eigenvalue weighted by Crippen LogP contribution is 2.42. The smallest absolute Gasteiger partial charge is 0.419 e. The first-order valence-corrected chi connectivity index (χ1v) is 11.5. The Bertz CT molecular complexity index is 1030. The summed E-state index contributed by atoms with van der Waals surface area (Å²) >= 11 is 6.09. The monoisotopic (exact) mass is 478 g/mol. The number of carbonyl (C=O) groups is 1. The molecule has 1 fully saturated rings. The lowest BCUT2D eigenvalue weighted by Crippen LogP contribution is -2.33. The highest BCUT2D eigenvalue weighted by molar-refractivity contribution is 6.34. The van der Waals surface area contributed by atoms with E-state index in [0.29, 0.717) is 41.3 Å². The first kappa shape index (κ1) is 23.6. The van der Waals surface area contributed by atoms with Gasteiger partial charge in [-0.05, 0) is 56.1 Å². The zero-order valence-corrected chi connectivity index (χ0v) is 19.0. The quantitative estimate of drug-likeness (QED) is 0.362. The number of nitrogens with zero attached hydrogens (tertiary/aromatic N) is 2. The van der Waals surface area contributed by atoms with Crippen molar-refractivity contribution in [2.45, 2.75) is 31.9 Å². The van der Waals surface area contributed by atoms with E-state index in [1.807, 2.05) is 0 Å². The molecule has 0 aliphatic carbocycles. The zero-order chi connectivity index (χ0) is 23.4. The van der Waals surface area contributed by atoms with Crippen LogP contribution in [0.2, 0.25) is 5.02 Å². The van der Waals surface area contributed by atoms with Crippen LogP contribution in [0.5, 0.6) is 5.75 Å². The molecule has 0 aromatic heterocycles. The van der Waals surface area contributed by atoms with Gasteiger partial charge >= 0.3 is 6.18 Å². The lowest BCUT2D eigenvalue weighted by molar-refractivity contribution is -0.139. The number of halogens is 4. The largest absolute Gasteiger partial charge is 0.492 e. The fraction of sp³-hybridized carbons (Fsp3) is 0.400. The second-order valence-corrected chi connectivity index (χ2v) is 8.74. The summed E-state index contributed by atoms with van der Waals surface area (Å²) < 4.78 is 46.8. The zero-order valence-electron chi connectivity index (χ0n) is 18.2. The topological polar surface area (TPSA) is 32.8 Å². The van der Waals surface area contributed by atoms with E-state index in [2.05, 4.69) is 4.90 Å². The summed E-state index contributed by atoms with van der Waals surface area (Å²) in [6, 6.07) is 9.37. The molecule has 0 bridgehead atoms. The summed E-state index contributed by atoms with van der Waals surface area (Å²) in [6.07, 6.45) is 2.37. The number of likely N-dealkylation sites (tertiary alicyclic amines) is 1. The molecule has 2 aromatic carbocycles. The molecule has 0 atom stereocenters. The third-order valence-corrected chi connectivity index (χ3v) is 6.41. The van der Waals surface area contributed by atoms with Crippen molar-refractivity contribution >= 4 is 23.1 Å². The molecule has 4 nitrogen and oxygen atoms in total. The van der Waals surface area contributed by atoms with Gasteiger partial charge in [0.2, 0.25) is 0 Å². The highest BCUT2D eigenvalue weighted by atomic mass is 35.5. The fourth-order valence-corrected chi connectivity index (χ4v) is 4.54. The van der Waals surface area contributed by atoms with Crippen molar-refractivity contribution in [1.29, 1.82) is 0 Å². The molecule has 0 unspecified atom stereocenters. The maximum absolute atomic E-state index is 13.7. The molecule has 0 amide bonds. The highest BCUT2D eigenvalue weighted by Gasteiger charge is 2.36. The van der Waals surface area contributed by atoms with Crippen molar-refractivity contribution in [3.8, 4) is 5.75 Å². The summed E-state index contributed by atoms with van der Waals surface area (Å²) in [5.74, 6) is -0.435. The number of anilines is 1. The molecule has 0 saturated carbocycles. The van der Waals surface area contributed by atoms with E-state index in [1.165, 1.54) is 24.6 Å². The number of allylic oxidation sites excluding steroid dienone is 1. The molecule has 2 aromatic rings. The number of alkyl halides is 3. The van der Waals surface area contributed by atoms with E-state index in [4.69, 9.17) is 16.3 Å². The van der Waals surface area contributed by atoms with Crippen molar-refractivity contribution in [3.63, 3.8) is 0 Å². The van der Waals surface area contributed by atoms with Gasteiger partial charge in [0, 0.05) is 42.7 Å². The number of carbonyl (C=O) groups excluding carboxylic acids is 1. The normalized spacial score (nSPS) is 16.9. The predicted molar refractivity (Wildman–Crippen MR) is 123 cm³/mol. The maximum atomic E-state index is 13.7. The van der Waals surface area contributed by atoms with Crippen LogP contribution in [0.3, 0.4) is 0 Å². The van der Waals surface area contributed by atoms with Gasteiger partial charge in [-0.2, -0.15) is 13.2 Å². The third kappa shape index (κ3) is 5.71. The van der Waals surface area contributed by atoms with Crippen LogP contribution in [0.25, 0.3) is 0 Å². The van der Waals surface area contributed by atoms with Crippen molar-refractivity contribution in [2.75, 3.05) is 37.7 Å². The van der Waals surface area contributed by atoms with Crippen molar-refractivity contribution in [2.24, 2.45) is 0 Å². The number of hydrogen-bond donors (Lipinski definition) is 0. The Labute approximate surface area is 196 Å².